The Bertz CT molecular complexity index is 1030. The number of hydrogen-bond acceptors (Lipinski definition) is 3. The van der Waals surface area contributed by atoms with Gasteiger partial charge in [0.25, 0.3) is 0 Å². The van der Waals surface area contributed by atoms with Gasteiger partial charge in [0, 0.05) is 29.9 Å². The Morgan fingerprint density at radius 2 is 2.00 bits per heavy atom. The van der Waals surface area contributed by atoms with E-state index in [0.717, 1.165) is 16.3 Å². The van der Waals surface area contributed by atoms with E-state index < -0.39 is 17.8 Å². The van der Waals surface area contributed by atoms with Gasteiger partial charge in [-0.1, -0.05) is 29.8 Å². The zero-order valence-corrected chi connectivity index (χ0v) is 17.5. The minimum atomic E-state index is -4.52. The zero-order valence-electron chi connectivity index (χ0n) is 15.2. The predicted octanol–water partition coefficient (Wildman–Crippen LogP) is 4.90. The summed E-state index contributed by atoms with van der Waals surface area (Å²) in [7, 11) is 0. The van der Waals surface area contributed by atoms with Gasteiger partial charge < -0.3 is 5.32 Å². The van der Waals surface area contributed by atoms with Crippen LogP contribution in [0.15, 0.2) is 41.0 Å². The normalized spacial score (nSPS) is 11.7. The number of hydrogen-bond donors (Lipinski definition) is 1. The monoisotopic (exact) mass is 489 g/mol. The second-order valence-electron chi connectivity index (χ2n) is 6.30. The van der Waals surface area contributed by atoms with E-state index in [4.69, 9.17) is 11.6 Å². The van der Waals surface area contributed by atoms with E-state index >= 15 is 0 Å². The number of carbonyl (C=O) groups excluding carboxylic acids is 1. The number of benzene rings is 1. The number of nitrogens with zero attached hydrogens (tertiary/aromatic N) is 4. The Kier molecular flexibility index (Phi) is 6.33. The lowest BCUT2D eigenvalue weighted by atomic mass is 10.2. The lowest BCUT2D eigenvalue weighted by Crippen LogP contribution is -2.17. The highest BCUT2D eigenvalue weighted by Gasteiger charge is 2.34. The van der Waals surface area contributed by atoms with Crippen molar-refractivity contribution in [1.82, 2.24) is 19.6 Å². The first-order valence-electron chi connectivity index (χ1n) is 8.51. The molecule has 0 aliphatic heterocycles. The Labute approximate surface area is 177 Å². The van der Waals surface area contributed by atoms with E-state index in [-0.39, 0.29) is 13.0 Å². The van der Waals surface area contributed by atoms with Crippen molar-refractivity contribution in [2.24, 2.45) is 0 Å². The fourth-order valence-electron chi connectivity index (χ4n) is 2.64. The molecule has 6 nitrogen and oxygen atoms in total. The van der Waals surface area contributed by atoms with Crippen molar-refractivity contribution < 1.29 is 18.0 Å². The number of rotatable bonds is 6. The molecule has 1 aromatic carbocycles. The molecule has 0 radical (unpaired) electrons. The van der Waals surface area contributed by atoms with E-state index in [9.17, 15) is 18.0 Å². The molecular formula is C18H16BrClF3N5O. The van der Waals surface area contributed by atoms with Gasteiger partial charge in [-0.05, 0) is 40.5 Å². The van der Waals surface area contributed by atoms with Crippen molar-refractivity contribution in [3.05, 3.63) is 63.0 Å². The van der Waals surface area contributed by atoms with E-state index in [2.05, 4.69) is 31.4 Å². The Balaban J connectivity index is 1.61. The van der Waals surface area contributed by atoms with E-state index in [1.165, 1.54) is 6.92 Å². The summed E-state index contributed by atoms with van der Waals surface area (Å²) in [4.78, 5) is 12.2. The summed E-state index contributed by atoms with van der Waals surface area (Å²) >= 11 is 9.48. The van der Waals surface area contributed by atoms with Gasteiger partial charge in [0.05, 0.1) is 11.0 Å². The molecule has 0 saturated carbocycles. The highest BCUT2D eigenvalue weighted by atomic mass is 79.9. The zero-order chi connectivity index (χ0) is 21.2. The van der Waals surface area contributed by atoms with Crippen LogP contribution in [0.4, 0.5) is 19.0 Å². The molecule has 29 heavy (non-hydrogen) atoms. The molecule has 2 heterocycles. The molecule has 2 aromatic heterocycles. The van der Waals surface area contributed by atoms with Gasteiger partial charge in [-0.25, -0.2) is 0 Å². The highest BCUT2D eigenvalue weighted by Crippen LogP contribution is 2.28. The number of halogens is 5. The van der Waals surface area contributed by atoms with Crippen molar-refractivity contribution in [3.8, 4) is 0 Å². The first-order chi connectivity index (χ1) is 13.6. The second kappa shape index (κ2) is 8.58. The van der Waals surface area contributed by atoms with Crippen molar-refractivity contribution in [2.75, 3.05) is 5.32 Å². The van der Waals surface area contributed by atoms with Crippen LogP contribution in [0, 0.1) is 6.92 Å². The van der Waals surface area contributed by atoms with Gasteiger partial charge in [0.2, 0.25) is 5.91 Å². The smallest absolute Gasteiger partial charge is 0.308 e. The number of aryl methyl sites for hydroxylation is 2. The molecule has 0 saturated heterocycles. The topological polar surface area (TPSA) is 64.7 Å². The average Bonchev–Trinajstić information content (AvgIpc) is 3.17. The van der Waals surface area contributed by atoms with Gasteiger partial charge in [-0.15, -0.1) is 0 Å². The number of amides is 1. The summed E-state index contributed by atoms with van der Waals surface area (Å²) < 4.78 is 41.5. The minimum Gasteiger partial charge on any atom is -0.308 e. The Hall–Kier alpha value is -2.33. The second-order valence-corrected chi connectivity index (χ2v) is 7.57. The molecule has 11 heteroatoms. The third kappa shape index (κ3) is 5.39. The van der Waals surface area contributed by atoms with Crippen LogP contribution >= 0.6 is 27.5 Å². The van der Waals surface area contributed by atoms with Gasteiger partial charge >= 0.3 is 6.18 Å². The molecule has 0 spiro atoms. The Morgan fingerprint density at radius 3 is 2.66 bits per heavy atom. The largest absolute Gasteiger partial charge is 0.435 e. The third-order valence-electron chi connectivity index (χ3n) is 4.09. The fraction of sp³-hybridized carbons (Fsp3) is 0.278. The molecule has 0 bridgehead atoms. The third-order valence-corrected chi connectivity index (χ3v) is 5.04. The van der Waals surface area contributed by atoms with Gasteiger partial charge in [0.15, 0.2) is 11.5 Å². The average molecular weight is 491 g/mol. The molecular weight excluding hydrogens is 475 g/mol. The molecule has 0 aliphatic carbocycles. The lowest BCUT2D eigenvalue weighted by Gasteiger charge is -2.06. The molecule has 1 amide bonds. The van der Waals surface area contributed by atoms with Gasteiger partial charge in [-0.3, -0.25) is 14.2 Å². The molecule has 0 fully saturated rings. The molecule has 0 aliphatic rings. The van der Waals surface area contributed by atoms with Gasteiger partial charge in [-0.2, -0.15) is 23.4 Å². The van der Waals surface area contributed by atoms with Crippen molar-refractivity contribution in [1.29, 1.82) is 0 Å². The van der Waals surface area contributed by atoms with Crippen molar-refractivity contribution in [3.63, 3.8) is 0 Å². The summed E-state index contributed by atoms with van der Waals surface area (Å²) in [5.41, 5.74) is 0.225. The summed E-state index contributed by atoms with van der Waals surface area (Å²) in [6.07, 6.45) is -2.87. The number of carbonyl (C=O) groups is 1. The first kappa shape index (κ1) is 21.4. The van der Waals surface area contributed by atoms with Crippen LogP contribution in [0.5, 0.6) is 0 Å². The molecule has 154 valence electrons. The molecule has 3 rings (SSSR count). The Morgan fingerprint density at radius 1 is 1.28 bits per heavy atom. The van der Waals surface area contributed by atoms with Crippen LogP contribution in [0.3, 0.4) is 0 Å². The van der Waals surface area contributed by atoms with Crippen molar-refractivity contribution in [2.45, 2.75) is 32.6 Å². The molecule has 0 unspecified atom stereocenters. The van der Waals surface area contributed by atoms with E-state index in [1.54, 1.807) is 16.9 Å². The van der Waals surface area contributed by atoms with E-state index in [1.807, 2.05) is 18.2 Å². The molecule has 1 N–H and O–H groups in total. The number of alkyl halides is 3. The predicted molar refractivity (Wildman–Crippen MR) is 106 cm³/mol. The fourth-order valence-corrected chi connectivity index (χ4v) is 3.25. The maximum absolute atomic E-state index is 12.7. The summed E-state index contributed by atoms with van der Waals surface area (Å²) in [6.45, 7) is 1.94. The van der Waals surface area contributed by atoms with Crippen LogP contribution in [0.2, 0.25) is 5.02 Å². The number of aromatic nitrogens is 4. The van der Waals surface area contributed by atoms with Crippen LogP contribution in [0.1, 0.15) is 23.4 Å². The van der Waals surface area contributed by atoms with Crippen LogP contribution < -0.4 is 5.32 Å². The summed E-state index contributed by atoms with van der Waals surface area (Å²) in [5, 5.41) is 11.1. The number of anilines is 1. The molecule has 0 atom stereocenters. The lowest BCUT2D eigenvalue weighted by molar-refractivity contribution is -0.141. The maximum Gasteiger partial charge on any atom is 0.435 e. The number of nitrogens with one attached hydrogen (secondary N) is 1. The summed E-state index contributed by atoms with van der Waals surface area (Å²) in [5.74, 6) is -0.0765. The SMILES string of the molecule is Cc1cc(C(F)(F)F)nn1CCC(=O)Nc1nn(Cc2ccccc2Cl)cc1Br. The van der Waals surface area contributed by atoms with E-state index in [0.29, 0.717) is 27.6 Å². The quantitative estimate of drug-likeness (QED) is 0.535. The van der Waals surface area contributed by atoms with Gasteiger partial charge in [0.1, 0.15) is 0 Å². The molecule has 3 aromatic rings. The minimum absolute atomic E-state index is 0.0195. The first-order valence-corrected chi connectivity index (χ1v) is 9.68. The van der Waals surface area contributed by atoms with Crippen LogP contribution in [-0.2, 0) is 24.1 Å². The standard InChI is InChI=1S/C18H16BrClF3N5O/c1-11-8-15(18(21,22)23)25-28(11)7-6-16(29)24-17-13(19)10-27(26-17)9-12-4-2-3-5-14(12)20/h2-5,8,10H,6-7,9H2,1H3,(H,24,26,29). The van der Waals surface area contributed by atoms with Crippen LogP contribution in [-0.4, -0.2) is 25.5 Å². The summed E-state index contributed by atoms with van der Waals surface area (Å²) in [6, 6.07) is 8.29. The van der Waals surface area contributed by atoms with Crippen LogP contribution in [0.25, 0.3) is 0 Å². The highest BCUT2D eigenvalue weighted by molar-refractivity contribution is 9.10. The maximum atomic E-state index is 12.7. The van der Waals surface area contributed by atoms with Crippen molar-refractivity contribution >= 4 is 39.3 Å².